The van der Waals surface area contributed by atoms with Crippen LogP contribution in [0.3, 0.4) is 0 Å². The summed E-state index contributed by atoms with van der Waals surface area (Å²) in [5, 5.41) is 8.49. The molecule has 92 valence electrons. The summed E-state index contributed by atoms with van der Waals surface area (Å²) in [6, 6.07) is 0.448. The SMILES string of the molecule is CCC(CCCl)NCc1c(Cl)c(C)nn1C. The van der Waals surface area contributed by atoms with Crippen molar-refractivity contribution in [1.82, 2.24) is 15.1 Å². The maximum atomic E-state index is 6.17. The Morgan fingerprint density at radius 2 is 2.19 bits per heavy atom. The van der Waals surface area contributed by atoms with Gasteiger partial charge < -0.3 is 5.32 Å². The molecule has 0 radical (unpaired) electrons. The van der Waals surface area contributed by atoms with Crippen LogP contribution in [0.25, 0.3) is 0 Å². The Kier molecular flexibility index (Phi) is 5.59. The highest BCUT2D eigenvalue weighted by molar-refractivity contribution is 6.31. The molecular weight excluding hydrogens is 245 g/mol. The van der Waals surface area contributed by atoms with Gasteiger partial charge in [0.15, 0.2) is 0 Å². The molecule has 0 spiro atoms. The summed E-state index contributed by atoms with van der Waals surface area (Å²) < 4.78 is 1.83. The van der Waals surface area contributed by atoms with Crippen LogP contribution in [0.4, 0.5) is 0 Å². The van der Waals surface area contributed by atoms with E-state index in [-0.39, 0.29) is 0 Å². The summed E-state index contributed by atoms with van der Waals surface area (Å²) in [5.41, 5.74) is 1.92. The smallest absolute Gasteiger partial charge is 0.0860 e. The molecule has 3 nitrogen and oxygen atoms in total. The molecule has 0 aliphatic rings. The molecule has 0 bridgehead atoms. The van der Waals surface area contributed by atoms with Crippen molar-refractivity contribution in [2.45, 2.75) is 39.3 Å². The largest absolute Gasteiger partial charge is 0.308 e. The monoisotopic (exact) mass is 263 g/mol. The van der Waals surface area contributed by atoms with Crippen LogP contribution in [-0.2, 0) is 13.6 Å². The lowest BCUT2D eigenvalue weighted by Crippen LogP contribution is -2.29. The van der Waals surface area contributed by atoms with Crippen molar-refractivity contribution in [3.05, 3.63) is 16.4 Å². The van der Waals surface area contributed by atoms with Gasteiger partial charge in [0.1, 0.15) is 0 Å². The second kappa shape index (κ2) is 6.48. The Morgan fingerprint density at radius 3 is 2.62 bits per heavy atom. The minimum absolute atomic E-state index is 0.448. The van der Waals surface area contributed by atoms with Gasteiger partial charge in [-0.1, -0.05) is 18.5 Å². The van der Waals surface area contributed by atoms with Crippen LogP contribution < -0.4 is 5.32 Å². The number of aromatic nitrogens is 2. The second-order valence-electron chi connectivity index (χ2n) is 3.93. The summed E-state index contributed by atoms with van der Waals surface area (Å²) in [6.07, 6.45) is 2.05. The van der Waals surface area contributed by atoms with E-state index in [1.165, 1.54) is 0 Å². The number of nitrogens with one attached hydrogen (secondary N) is 1. The average molecular weight is 264 g/mol. The van der Waals surface area contributed by atoms with Crippen molar-refractivity contribution in [1.29, 1.82) is 0 Å². The fraction of sp³-hybridized carbons (Fsp3) is 0.727. The predicted octanol–water partition coefficient (Wildman–Crippen LogP) is 2.88. The lowest BCUT2D eigenvalue weighted by Gasteiger charge is -2.15. The molecule has 1 unspecified atom stereocenters. The molecule has 1 atom stereocenters. The zero-order valence-electron chi connectivity index (χ0n) is 10.1. The number of halogens is 2. The van der Waals surface area contributed by atoms with Gasteiger partial charge in [-0.05, 0) is 19.8 Å². The first-order valence-corrected chi connectivity index (χ1v) is 6.48. The van der Waals surface area contributed by atoms with E-state index < -0.39 is 0 Å². The Hall–Kier alpha value is -0.250. The number of nitrogens with zero attached hydrogens (tertiary/aromatic N) is 2. The third-order valence-electron chi connectivity index (χ3n) is 2.77. The van der Waals surface area contributed by atoms with Gasteiger partial charge in [-0.3, -0.25) is 4.68 Å². The highest BCUT2D eigenvalue weighted by Gasteiger charge is 2.12. The van der Waals surface area contributed by atoms with Gasteiger partial charge in [-0.25, -0.2) is 0 Å². The lowest BCUT2D eigenvalue weighted by molar-refractivity contribution is 0.474. The quantitative estimate of drug-likeness (QED) is 0.801. The van der Waals surface area contributed by atoms with E-state index in [1.807, 2.05) is 18.7 Å². The van der Waals surface area contributed by atoms with Crippen LogP contribution in [0.2, 0.25) is 5.02 Å². The van der Waals surface area contributed by atoms with E-state index >= 15 is 0 Å². The highest BCUT2D eigenvalue weighted by Crippen LogP contribution is 2.19. The molecule has 0 aliphatic heterocycles. The summed E-state index contributed by atoms with van der Waals surface area (Å²) in [5.74, 6) is 0.684. The Morgan fingerprint density at radius 1 is 1.50 bits per heavy atom. The molecule has 16 heavy (non-hydrogen) atoms. The van der Waals surface area contributed by atoms with Crippen molar-refractivity contribution >= 4 is 23.2 Å². The number of hydrogen-bond acceptors (Lipinski definition) is 2. The van der Waals surface area contributed by atoms with E-state index in [9.17, 15) is 0 Å². The summed E-state index contributed by atoms with van der Waals surface area (Å²) in [4.78, 5) is 0. The fourth-order valence-corrected chi connectivity index (χ4v) is 2.19. The van der Waals surface area contributed by atoms with Crippen LogP contribution in [0.5, 0.6) is 0 Å². The van der Waals surface area contributed by atoms with E-state index in [4.69, 9.17) is 23.2 Å². The number of rotatable bonds is 6. The van der Waals surface area contributed by atoms with Gasteiger partial charge in [0.05, 0.1) is 16.4 Å². The molecule has 0 aromatic carbocycles. The molecule has 0 fully saturated rings. The van der Waals surface area contributed by atoms with E-state index in [0.717, 1.165) is 35.8 Å². The Balaban J connectivity index is 2.59. The molecule has 1 aromatic heterocycles. The van der Waals surface area contributed by atoms with Crippen LogP contribution in [0, 0.1) is 6.92 Å². The maximum absolute atomic E-state index is 6.17. The van der Waals surface area contributed by atoms with Gasteiger partial charge in [-0.2, -0.15) is 5.10 Å². The van der Waals surface area contributed by atoms with E-state index in [0.29, 0.717) is 11.9 Å². The Bertz CT molecular complexity index is 336. The van der Waals surface area contributed by atoms with Crippen LogP contribution in [0.1, 0.15) is 31.2 Å². The number of alkyl halides is 1. The average Bonchev–Trinajstić information content (AvgIpc) is 2.49. The van der Waals surface area contributed by atoms with E-state index in [1.54, 1.807) is 0 Å². The maximum Gasteiger partial charge on any atom is 0.0860 e. The molecular formula is C11H19Cl2N3. The second-order valence-corrected chi connectivity index (χ2v) is 4.69. The number of hydrogen-bond donors (Lipinski definition) is 1. The standard InChI is InChI=1S/C11H19Cl2N3/c1-4-9(5-6-12)14-7-10-11(13)8(2)15-16(10)3/h9,14H,4-7H2,1-3H3. The Labute approximate surface area is 107 Å². The molecule has 1 N–H and O–H groups in total. The number of aryl methyl sites for hydroxylation is 2. The van der Waals surface area contributed by atoms with Crippen LogP contribution in [-0.4, -0.2) is 21.7 Å². The van der Waals surface area contributed by atoms with Gasteiger partial charge >= 0.3 is 0 Å². The zero-order valence-corrected chi connectivity index (χ0v) is 11.6. The van der Waals surface area contributed by atoms with Crippen molar-refractivity contribution in [2.75, 3.05) is 5.88 Å². The van der Waals surface area contributed by atoms with Crippen LogP contribution in [0.15, 0.2) is 0 Å². The lowest BCUT2D eigenvalue weighted by atomic mass is 10.1. The molecule has 0 amide bonds. The van der Waals surface area contributed by atoms with Crippen LogP contribution >= 0.6 is 23.2 Å². The third kappa shape index (κ3) is 3.37. The van der Waals surface area contributed by atoms with Crippen molar-refractivity contribution in [2.24, 2.45) is 7.05 Å². The summed E-state index contributed by atoms with van der Waals surface area (Å²) in [7, 11) is 1.92. The molecule has 0 saturated heterocycles. The fourth-order valence-electron chi connectivity index (χ4n) is 1.70. The summed E-state index contributed by atoms with van der Waals surface area (Å²) in [6.45, 7) is 4.81. The minimum atomic E-state index is 0.448. The molecule has 5 heteroatoms. The topological polar surface area (TPSA) is 29.9 Å². The molecule has 1 aromatic rings. The van der Waals surface area contributed by atoms with Crippen molar-refractivity contribution in [3.63, 3.8) is 0 Å². The van der Waals surface area contributed by atoms with Crippen molar-refractivity contribution < 1.29 is 0 Å². The zero-order chi connectivity index (χ0) is 12.1. The summed E-state index contributed by atoms with van der Waals surface area (Å²) >= 11 is 11.9. The first-order valence-electron chi connectivity index (χ1n) is 5.57. The first kappa shape index (κ1) is 13.8. The molecule has 0 saturated carbocycles. The van der Waals surface area contributed by atoms with E-state index in [2.05, 4.69) is 17.3 Å². The first-order chi connectivity index (χ1) is 7.60. The predicted molar refractivity (Wildman–Crippen MR) is 69.2 cm³/mol. The van der Waals surface area contributed by atoms with Crippen molar-refractivity contribution in [3.8, 4) is 0 Å². The van der Waals surface area contributed by atoms with Gasteiger partial charge in [-0.15, -0.1) is 11.6 Å². The minimum Gasteiger partial charge on any atom is -0.308 e. The van der Waals surface area contributed by atoms with Gasteiger partial charge in [0.25, 0.3) is 0 Å². The normalized spacial score (nSPS) is 13.1. The highest BCUT2D eigenvalue weighted by atomic mass is 35.5. The molecule has 1 rings (SSSR count). The molecule has 1 heterocycles. The van der Waals surface area contributed by atoms with Gasteiger partial charge in [0.2, 0.25) is 0 Å². The third-order valence-corrected chi connectivity index (χ3v) is 3.48. The van der Waals surface area contributed by atoms with Gasteiger partial charge in [0, 0.05) is 25.5 Å². The molecule has 0 aliphatic carbocycles.